The molecule has 0 spiro atoms. The van der Waals surface area contributed by atoms with Gasteiger partial charge in [0.25, 0.3) is 0 Å². The average molecular weight is 641 g/mol. The van der Waals surface area contributed by atoms with Crippen LogP contribution in [0.3, 0.4) is 0 Å². The third-order valence-electron chi connectivity index (χ3n) is 8.90. The molecule has 2 atom stereocenters. The van der Waals surface area contributed by atoms with E-state index in [1.54, 1.807) is 0 Å². The maximum Gasteiger partial charge on any atom is 0.236 e. The molecular formula is C38H36N6O2S. The van der Waals surface area contributed by atoms with E-state index in [9.17, 15) is 9.59 Å². The van der Waals surface area contributed by atoms with Crippen LogP contribution in [0.5, 0.6) is 0 Å². The largest absolute Gasteiger partial charge is 0.338 e. The Balaban J connectivity index is 1.07. The number of hydrogen-bond acceptors (Lipinski definition) is 6. The van der Waals surface area contributed by atoms with E-state index in [1.807, 2.05) is 121 Å². The Kier molecular flexibility index (Phi) is 8.72. The molecule has 0 radical (unpaired) electrons. The summed E-state index contributed by atoms with van der Waals surface area (Å²) in [6, 6.07) is 38.1. The van der Waals surface area contributed by atoms with Gasteiger partial charge in [0.1, 0.15) is 5.52 Å². The van der Waals surface area contributed by atoms with E-state index in [0.717, 1.165) is 38.8 Å². The summed E-state index contributed by atoms with van der Waals surface area (Å²) in [5, 5.41) is 10.1. The summed E-state index contributed by atoms with van der Waals surface area (Å²) in [4.78, 5) is 36.5. The predicted octanol–water partition coefficient (Wildman–Crippen LogP) is 6.40. The zero-order chi connectivity index (χ0) is 32.3. The van der Waals surface area contributed by atoms with E-state index in [1.165, 1.54) is 11.8 Å². The fraction of sp³-hybridized carbons (Fsp3) is 0.237. The standard InChI is InChI=1S/C38H36N6O2S/c1-26-24-42(22-23-43(26)37(46)33(29-16-8-4-9-17-29)30-18-10-5-11-19-30)36(45)27(2)47-38-39-35-34(40-41-38)31-20-12-13-21-32(31)44(35)25-28-14-6-3-7-15-28/h3-21,26-27,33H,22-25H2,1-2H3. The van der Waals surface area contributed by atoms with Gasteiger partial charge < -0.3 is 14.4 Å². The molecule has 47 heavy (non-hydrogen) atoms. The number of para-hydroxylation sites is 1. The van der Waals surface area contributed by atoms with Gasteiger partial charge in [-0.2, -0.15) is 0 Å². The molecule has 4 aromatic carbocycles. The van der Waals surface area contributed by atoms with Crippen LogP contribution < -0.4 is 0 Å². The molecule has 2 unspecified atom stereocenters. The van der Waals surface area contributed by atoms with E-state index >= 15 is 0 Å². The minimum Gasteiger partial charge on any atom is -0.338 e. The molecule has 1 fully saturated rings. The summed E-state index contributed by atoms with van der Waals surface area (Å²) >= 11 is 1.32. The van der Waals surface area contributed by atoms with Gasteiger partial charge in [-0.15, -0.1) is 10.2 Å². The quantitative estimate of drug-likeness (QED) is 0.179. The summed E-state index contributed by atoms with van der Waals surface area (Å²) in [6.07, 6.45) is 0. The van der Waals surface area contributed by atoms with Crippen LogP contribution in [0.4, 0.5) is 0 Å². The number of rotatable bonds is 8. The van der Waals surface area contributed by atoms with Crippen molar-refractivity contribution in [2.24, 2.45) is 0 Å². The highest BCUT2D eigenvalue weighted by molar-refractivity contribution is 8.00. The molecule has 9 heteroatoms. The van der Waals surface area contributed by atoms with Gasteiger partial charge in [-0.3, -0.25) is 9.59 Å². The number of amides is 2. The number of piperazine rings is 1. The van der Waals surface area contributed by atoms with Crippen LogP contribution in [0.15, 0.2) is 120 Å². The van der Waals surface area contributed by atoms with E-state index in [4.69, 9.17) is 4.98 Å². The third kappa shape index (κ3) is 6.23. The molecule has 0 N–H and O–H groups in total. The number of carbonyl (C=O) groups is 2. The summed E-state index contributed by atoms with van der Waals surface area (Å²) in [7, 11) is 0. The first-order chi connectivity index (χ1) is 23.0. The SMILES string of the molecule is CC(Sc1nnc2c3ccccc3n(Cc3ccccc3)c2n1)C(=O)N1CCN(C(=O)C(c2ccccc2)c2ccccc2)C(C)C1. The van der Waals surface area contributed by atoms with Crippen molar-refractivity contribution in [1.29, 1.82) is 0 Å². The van der Waals surface area contributed by atoms with Crippen LogP contribution >= 0.6 is 11.8 Å². The summed E-state index contributed by atoms with van der Waals surface area (Å²) in [6.45, 7) is 5.98. The average Bonchev–Trinajstić information content (AvgIpc) is 3.41. The van der Waals surface area contributed by atoms with Crippen LogP contribution in [0.1, 0.15) is 36.5 Å². The number of fused-ring (bicyclic) bond motifs is 3. The minimum atomic E-state index is -0.419. The molecule has 0 bridgehead atoms. The molecule has 1 saturated heterocycles. The Morgan fingerprint density at radius 1 is 0.787 bits per heavy atom. The molecule has 1 aliphatic heterocycles. The van der Waals surface area contributed by atoms with Crippen molar-refractivity contribution in [3.05, 3.63) is 132 Å². The molecule has 236 valence electrons. The second kappa shape index (κ2) is 13.4. The van der Waals surface area contributed by atoms with Crippen molar-refractivity contribution < 1.29 is 9.59 Å². The van der Waals surface area contributed by atoms with Crippen LogP contribution in [-0.2, 0) is 16.1 Å². The third-order valence-corrected chi connectivity index (χ3v) is 9.84. The number of benzene rings is 4. The van der Waals surface area contributed by atoms with E-state index in [-0.39, 0.29) is 17.9 Å². The lowest BCUT2D eigenvalue weighted by Gasteiger charge is -2.42. The molecule has 0 aliphatic carbocycles. The molecule has 8 nitrogen and oxygen atoms in total. The number of nitrogens with zero attached hydrogens (tertiary/aromatic N) is 6. The lowest BCUT2D eigenvalue weighted by Crippen LogP contribution is -2.57. The van der Waals surface area contributed by atoms with Crippen molar-refractivity contribution in [3.8, 4) is 0 Å². The van der Waals surface area contributed by atoms with Crippen molar-refractivity contribution in [2.45, 2.75) is 42.8 Å². The molecule has 7 rings (SSSR count). The summed E-state index contributed by atoms with van der Waals surface area (Å²) in [5.74, 6) is -0.332. The topological polar surface area (TPSA) is 84.2 Å². The van der Waals surface area contributed by atoms with Crippen molar-refractivity contribution in [3.63, 3.8) is 0 Å². The second-order valence-electron chi connectivity index (χ2n) is 12.0. The molecule has 2 aromatic heterocycles. The first kappa shape index (κ1) is 30.6. The number of aromatic nitrogens is 4. The van der Waals surface area contributed by atoms with Gasteiger partial charge in [-0.05, 0) is 36.6 Å². The Morgan fingerprint density at radius 2 is 1.40 bits per heavy atom. The first-order valence-corrected chi connectivity index (χ1v) is 16.9. The van der Waals surface area contributed by atoms with Crippen LogP contribution in [0, 0.1) is 0 Å². The first-order valence-electron chi connectivity index (χ1n) is 16.0. The number of carbonyl (C=O) groups excluding carboxylic acids is 2. The predicted molar refractivity (Wildman–Crippen MR) is 186 cm³/mol. The van der Waals surface area contributed by atoms with Crippen LogP contribution in [0.2, 0.25) is 0 Å². The molecule has 3 heterocycles. The van der Waals surface area contributed by atoms with E-state index in [0.29, 0.717) is 31.3 Å². The Bertz CT molecular complexity index is 1980. The van der Waals surface area contributed by atoms with Gasteiger partial charge in [0.15, 0.2) is 5.65 Å². The Morgan fingerprint density at radius 3 is 2.06 bits per heavy atom. The molecule has 6 aromatic rings. The highest BCUT2D eigenvalue weighted by atomic mass is 32.2. The van der Waals surface area contributed by atoms with Crippen molar-refractivity contribution in [1.82, 2.24) is 29.5 Å². The zero-order valence-electron chi connectivity index (χ0n) is 26.4. The molecule has 1 aliphatic rings. The zero-order valence-corrected chi connectivity index (χ0v) is 27.3. The Labute approximate surface area is 278 Å². The normalized spacial score (nSPS) is 15.8. The van der Waals surface area contributed by atoms with Gasteiger partial charge in [-0.1, -0.05) is 121 Å². The van der Waals surface area contributed by atoms with E-state index in [2.05, 4.69) is 33.0 Å². The van der Waals surface area contributed by atoms with Crippen molar-refractivity contribution in [2.75, 3.05) is 19.6 Å². The van der Waals surface area contributed by atoms with Gasteiger partial charge >= 0.3 is 0 Å². The van der Waals surface area contributed by atoms with Gasteiger partial charge in [0, 0.05) is 37.6 Å². The van der Waals surface area contributed by atoms with Gasteiger partial charge in [0.05, 0.1) is 16.7 Å². The van der Waals surface area contributed by atoms with Crippen LogP contribution in [0.25, 0.3) is 22.1 Å². The molecule has 2 amide bonds. The highest BCUT2D eigenvalue weighted by Gasteiger charge is 2.36. The maximum atomic E-state index is 14.1. The summed E-state index contributed by atoms with van der Waals surface area (Å²) in [5.41, 5.74) is 5.64. The lowest BCUT2D eigenvalue weighted by molar-refractivity contribution is -0.142. The smallest absolute Gasteiger partial charge is 0.236 e. The Hall–Kier alpha value is -5.02. The van der Waals surface area contributed by atoms with Gasteiger partial charge in [0.2, 0.25) is 17.0 Å². The molecule has 0 saturated carbocycles. The lowest BCUT2D eigenvalue weighted by atomic mass is 9.89. The maximum absolute atomic E-state index is 14.1. The monoisotopic (exact) mass is 640 g/mol. The fourth-order valence-electron chi connectivity index (χ4n) is 6.55. The minimum absolute atomic E-state index is 0.00476. The molecular weight excluding hydrogens is 605 g/mol. The van der Waals surface area contributed by atoms with Crippen molar-refractivity contribution >= 4 is 45.6 Å². The highest BCUT2D eigenvalue weighted by Crippen LogP contribution is 2.31. The van der Waals surface area contributed by atoms with Crippen LogP contribution in [-0.4, -0.2) is 72.3 Å². The number of thioether (sulfide) groups is 1. The second-order valence-corrected chi connectivity index (χ2v) is 13.3. The van der Waals surface area contributed by atoms with Gasteiger partial charge in [-0.25, -0.2) is 4.98 Å². The summed E-state index contributed by atoms with van der Waals surface area (Å²) < 4.78 is 2.17. The van der Waals surface area contributed by atoms with E-state index < -0.39 is 11.2 Å². The fourth-order valence-corrected chi connectivity index (χ4v) is 7.34. The number of hydrogen-bond donors (Lipinski definition) is 0.